The zero-order valence-corrected chi connectivity index (χ0v) is 18.9. The summed E-state index contributed by atoms with van der Waals surface area (Å²) >= 11 is 6.02. The maximum atomic E-state index is 13.2. The van der Waals surface area contributed by atoms with Crippen LogP contribution in [0.2, 0.25) is 5.02 Å². The zero-order valence-electron chi connectivity index (χ0n) is 17.3. The molecule has 0 radical (unpaired) electrons. The highest BCUT2D eigenvalue weighted by Gasteiger charge is 2.55. The smallest absolute Gasteiger partial charge is 0.373 e. The summed E-state index contributed by atoms with van der Waals surface area (Å²) in [5.74, 6) is -2.20. The number of carbonyl (C=O) groups is 2. The Morgan fingerprint density at radius 3 is 2.27 bits per heavy atom. The van der Waals surface area contributed by atoms with Crippen molar-refractivity contribution in [2.24, 2.45) is 0 Å². The maximum Gasteiger partial charge on any atom is 0.426 e. The summed E-state index contributed by atoms with van der Waals surface area (Å²) in [6.45, 7) is 1.33. The van der Waals surface area contributed by atoms with Gasteiger partial charge < -0.3 is 15.3 Å². The first-order chi connectivity index (χ1) is 15.3. The Bertz CT molecular complexity index is 1190. The number of alkyl halides is 3. The van der Waals surface area contributed by atoms with E-state index in [2.05, 4.69) is 0 Å². The standard InChI is InChI=1S/C21H20ClF3N2O5S/c1-20(30,21(23,24)25)19(29)26-16-9-8-13(12-15(16)22)33(31,32)17-7-3-2-6-14(17)18(28)27-10-4-5-11-27/h2-3,6-9,12,30H,4-5,10-11H2,1H3,(H,26,29)/t20-/m1/s1. The number of nitrogens with one attached hydrogen (secondary N) is 1. The number of amides is 2. The Morgan fingerprint density at radius 2 is 1.70 bits per heavy atom. The van der Waals surface area contributed by atoms with Crippen LogP contribution in [0.3, 0.4) is 0 Å². The van der Waals surface area contributed by atoms with Gasteiger partial charge in [-0.2, -0.15) is 13.2 Å². The molecule has 33 heavy (non-hydrogen) atoms. The number of aliphatic hydroxyl groups is 1. The van der Waals surface area contributed by atoms with E-state index in [0.29, 0.717) is 13.1 Å². The predicted molar refractivity (Wildman–Crippen MR) is 114 cm³/mol. The van der Waals surface area contributed by atoms with Crippen molar-refractivity contribution in [2.75, 3.05) is 18.4 Å². The van der Waals surface area contributed by atoms with Crippen LogP contribution in [0.15, 0.2) is 52.3 Å². The fourth-order valence-corrected chi connectivity index (χ4v) is 5.00. The summed E-state index contributed by atoms with van der Waals surface area (Å²) in [6, 6.07) is 8.68. The van der Waals surface area contributed by atoms with Crippen LogP contribution in [0.25, 0.3) is 0 Å². The van der Waals surface area contributed by atoms with Gasteiger partial charge in [0.15, 0.2) is 0 Å². The first-order valence-electron chi connectivity index (χ1n) is 9.80. The Kier molecular flexibility index (Phi) is 6.79. The molecule has 2 N–H and O–H groups in total. The normalized spacial score (nSPS) is 16.4. The Morgan fingerprint density at radius 1 is 1.09 bits per heavy atom. The second kappa shape index (κ2) is 8.96. The summed E-state index contributed by atoms with van der Waals surface area (Å²) in [5.41, 5.74) is -4.02. The zero-order chi connectivity index (χ0) is 24.6. The summed E-state index contributed by atoms with van der Waals surface area (Å²) in [5, 5.41) is 10.9. The van der Waals surface area contributed by atoms with Crippen molar-refractivity contribution in [2.45, 2.75) is 41.3 Å². The van der Waals surface area contributed by atoms with Crippen molar-refractivity contribution in [3.63, 3.8) is 0 Å². The van der Waals surface area contributed by atoms with Gasteiger partial charge in [-0.25, -0.2) is 8.42 Å². The molecule has 0 spiro atoms. The molecule has 2 aromatic carbocycles. The monoisotopic (exact) mass is 504 g/mol. The molecule has 0 saturated carbocycles. The summed E-state index contributed by atoms with van der Waals surface area (Å²) in [4.78, 5) is 25.7. The van der Waals surface area contributed by atoms with E-state index in [4.69, 9.17) is 11.6 Å². The number of anilines is 1. The Hall–Kier alpha value is -2.63. The van der Waals surface area contributed by atoms with Crippen LogP contribution in [0, 0.1) is 0 Å². The molecule has 2 aromatic rings. The first-order valence-corrected chi connectivity index (χ1v) is 11.7. The number of hydrogen-bond donors (Lipinski definition) is 2. The second-order valence-corrected chi connectivity index (χ2v) is 9.99. The van der Waals surface area contributed by atoms with Gasteiger partial charge in [0, 0.05) is 13.1 Å². The molecule has 7 nitrogen and oxygen atoms in total. The minimum atomic E-state index is -5.24. The molecule has 1 aliphatic rings. The van der Waals surface area contributed by atoms with Crippen LogP contribution in [0.4, 0.5) is 18.9 Å². The molecule has 1 heterocycles. The van der Waals surface area contributed by atoms with Crippen molar-refractivity contribution in [1.29, 1.82) is 0 Å². The average molecular weight is 505 g/mol. The van der Waals surface area contributed by atoms with Gasteiger partial charge in [0.05, 0.1) is 26.1 Å². The van der Waals surface area contributed by atoms with Crippen LogP contribution in [-0.2, 0) is 14.6 Å². The lowest BCUT2D eigenvalue weighted by Gasteiger charge is -2.25. The number of likely N-dealkylation sites (tertiary alicyclic amines) is 1. The Labute approximate surface area is 193 Å². The van der Waals surface area contributed by atoms with Gasteiger partial charge in [0.25, 0.3) is 11.8 Å². The van der Waals surface area contributed by atoms with Crippen LogP contribution >= 0.6 is 11.6 Å². The molecule has 0 aliphatic carbocycles. The van der Waals surface area contributed by atoms with E-state index in [9.17, 15) is 36.3 Å². The number of benzene rings is 2. The molecule has 0 unspecified atom stereocenters. The largest absolute Gasteiger partial charge is 0.426 e. The van der Waals surface area contributed by atoms with Crippen molar-refractivity contribution in [3.8, 4) is 0 Å². The molecular formula is C21H20ClF3N2O5S. The molecule has 1 aliphatic heterocycles. The molecule has 178 valence electrons. The molecule has 3 rings (SSSR count). The fourth-order valence-electron chi connectivity index (χ4n) is 3.23. The topological polar surface area (TPSA) is 104 Å². The lowest BCUT2D eigenvalue weighted by Crippen LogP contribution is -2.52. The molecule has 1 fully saturated rings. The van der Waals surface area contributed by atoms with Gasteiger partial charge in [-0.05, 0) is 50.1 Å². The summed E-state index contributed by atoms with van der Waals surface area (Å²) in [7, 11) is -4.24. The highest BCUT2D eigenvalue weighted by atomic mass is 35.5. The SMILES string of the molecule is C[C@@](O)(C(=O)Nc1ccc(S(=O)(=O)c2ccccc2C(=O)N2CCCC2)cc1Cl)C(F)(F)F. The van der Waals surface area contributed by atoms with E-state index >= 15 is 0 Å². The molecule has 1 saturated heterocycles. The van der Waals surface area contributed by atoms with E-state index in [-0.39, 0.29) is 33.0 Å². The summed E-state index contributed by atoms with van der Waals surface area (Å²) in [6.07, 6.45) is -3.59. The molecule has 0 aromatic heterocycles. The van der Waals surface area contributed by atoms with Crippen LogP contribution in [0.1, 0.15) is 30.1 Å². The molecule has 12 heteroatoms. The number of sulfone groups is 1. The second-order valence-electron chi connectivity index (χ2n) is 7.66. The summed E-state index contributed by atoms with van der Waals surface area (Å²) < 4.78 is 65.1. The number of hydrogen-bond acceptors (Lipinski definition) is 5. The minimum absolute atomic E-state index is 0.00544. The third kappa shape index (κ3) is 4.85. The number of rotatable bonds is 5. The van der Waals surface area contributed by atoms with Crippen molar-refractivity contribution in [1.82, 2.24) is 4.90 Å². The number of halogens is 4. The quantitative estimate of drug-likeness (QED) is 0.646. The van der Waals surface area contributed by atoms with E-state index in [1.807, 2.05) is 5.32 Å². The lowest BCUT2D eigenvalue weighted by atomic mass is 10.1. The minimum Gasteiger partial charge on any atom is -0.373 e. The van der Waals surface area contributed by atoms with Crippen molar-refractivity contribution >= 4 is 38.9 Å². The lowest BCUT2D eigenvalue weighted by molar-refractivity contribution is -0.242. The fraction of sp³-hybridized carbons (Fsp3) is 0.333. The molecule has 0 bridgehead atoms. The van der Waals surface area contributed by atoms with E-state index in [1.54, 1.807) is 11.0 Å². The van der Waals surface area contributed by atoms with Crippen LogP contribution < -0.4 is 5.32 Å². The molecule has 2 amide bonds. The predicted octanol–water partition coefficient (Wildman–Crippen LogP) is 3.66. The highest BCUT2D eigenvalue weighted by Crippen LogP contribution is 2.34. The molecular weight excluding hydrogens is 485 g/mol. The van der Waals surface area contributed by atoms with Gasteiger partial charge in [-0.15, -0.1) is 0 Å². The van der Waals surface area contributed by atoms with Crippen molar-refractivity contribution < 1.29 is 36.3 Å². The van der Waals surface area contributed by atoms with Crippen molar-refractivity contribution in [3.05, 3.63) is 53.1 Å². The van der Waals surface area contributed by atoms with Gasteiger partial charge in [-0.1, -0.05) is 23.7 Å². The van der Waals surface area contributed by atoms with Gasteiger partial charge in [0.2, 0.25) is 15.4 Å². The van der Waals surface area contributed by atoms with E-state index in [1.165, 1.54) is 18.2 Å². The number of nitrogens with zero attached hydrogens (tertiary/aromatic N) is 1. The third-order valence-electron chi connectivity index (χ3n) is 5.29. The van der Waals surface area contributed by atoms with E-state index < -0.39 is 33.4 Å². The average Bonchev–Trinajstić information content (AvgIpc) is 3.28. The van der Waals surface area contributed by atoms with Crippen LogP contribution in [0.5, 0.6) is 0 Å². The Balaban J connectivity index is 1.93. The highest BCUT2D eigenvalue weighted by molar-refractivity contribution is 7.91. The van der Waals surface area contributed by atoms with Crippen LogP contribution in [-0.4, -0.2) is 55.1 Å². The first kappa shape index (κ1) is 25.0. The number of carbonyl (C=O) groups excluding carboxylic acids is 2. The molecule has 1 atom stereocenters. The van der Waals surface area contributed by atoms with E-state index in [0.717, 1.165) is 31.0 Å². The van der Waals surface area contributed by atoms with Gasteiger partial charge in [-0.3, -0.25) is 9.59 Å². The third-order valence-corrected chi connectivity index (χ3v) is 7.42. The maximum absolute atomic E-state index is 13.2. The van der Waals surface area contributed by atoms with Gasteiger partial charge in [0.1, 0.15) is 0 Å². The van der Waals surface area contributed by atoms with Gasteiger partial charge >= 0.3 is 6.18 Å².